The van der Waals surface area contributed by atoms with E-state index < -0.39 is 0 Å². The van der Waals surface area contributed by atoms with Crippen molar-refractivity contribution in [3.05, 3.63) is 11.7 Å². The van der Waals surface area contributed by atoms with Crippen molar-refractivity contribution in [3.63, 3.8) is 0 Å². The van der Waals surface area contributed by atoms with Crippen LogP contribution >= 0.6 is 0 Å². The quantitative estimate of drug-likeness (QED) is 0.739. The molecule has 0 saturated carbocycles. The fraction of sp³-hybridized carbons (Fsp3) is 0.667. The molecule has 1 aliphatic heterocycles. The van der Waals surface area contributed by atoms with Gasteiger partial charge in [0.1, 0.15) is 0 Å². The van der Waals surface area contributed by atoms with Crippen molar-refractivity contribution in [1.29, 1.82) is 5.26 Å². The highest BCUT2D eigenvalue weighted by atomic mass is 16.5. The zero-order chi connectivity index (χ0) is 13.5. The topological polar surface area (TPSA) is 104 Å². The first-order valence-electron chi connectivity index (χ1n) is 6.53. The summed E-state index contributed by atoms with van der Waals surface area (Å²) in [5.74, 6) is 0.223. The molecule has 19 heavy (non-hydrogen) atoms. The number of carbonyl (C=O) groups excluding carboxylic acids is 1. The van der Waals surface area contributed by atoms with Gasteiger partial charge in [0.25, 0.3) is 11.7 Å². The fourth-order valence-corrected chi connectivity index (χ4v) is 1.97. The van der Waals surface area contributed by atoms with Gasteiger partial charge in [0.2, 0.25) is 5.89 Å². The highest BCUT2D eigenvalue weighted by Crippen LogP contribution is 2.20. The van der Waals surface area contributed by atoms with E-state index in [9.17, 15) is 4.79 Å². The summed E-state index contributed by atoms with van der Waals surface area (Å²) >= 11 is 0. The van der Waals surface area contributed by atoms with Gasteiger partial charge >= 0.3 is 0 Å². The molecule has 0 bridgehead atoms. The Bertz CT molecular complexity index is 459. The van der Waals surface area contributed by atoms with Gasteiger partial charge in [-0.1, -0.05) is 5.16 Å². The van der Waals surface area contributed by atoms with Gasteiger partial charge in [-0.25, -0.2) is 0 Å². The van der Waals surface area contributed by atoms with Crippen LogP contribution < -0.4 is 10.6 Å². The van der Waals surface area contributed by atoms with E-state index in [0.717, 1.165) is 32.2 Å². The minimum atomic E-state index is -0.329. The van der Waals surface area contributed by atoms with Crippen molar-refractivity contribution >= 4 is 5.91 Å². The third-order valence-corrected chi connectivity index (χ3v) is 3.00. The first kappa shape index (κ1) is 13.5. The van der Waals surface area contributed by atoms with Crippen molar-refractivity contribution in [2.45, 2.75) is 38.1 Å². The molecule has 1 saturated heterocycles. The van der Waals surface area contributed by atoms with Crippen LogP contribution in [0.25, 0.3) is 0 Å². The SMILES string of the molecule is N#CCCCCNC(=O)c1noc(C2CCCN2)n1. The molecule has 0 spiro atoms. The summed E-state index contributed by atoms with van der Waals surface area (Å²) < 4.78 is 5.09. The van der Waals surface area contributed by atoms with Gasteiger partial charge in [0.15, 0.2) is 0 Å². The Morgan fingerprint density at radius 1 is 1.58 bits per heavy atom. The molecule has 1 fully saturated rings. The van der Waals surface area contributed by atoms with Crippen LogP contribution in [0.4, 0.5) is 0 Å². The second-order valence-corrected chi connectivity index (χ2v) is 4.48. The second-order valence-electron chi connectivity index (χ2n) is 4.48. The Kier molecular flexibility index (Phi) is 4.86. The third-order valence-electron chi connectivity index (χ3n) is 3.00. The summed E-state index contributed by atoms with van der Waals surface area (Å²) in [6.07, 6.45) is 4.09. The number of nitrogens with zero attached hydrogens (tertiary/aromatic N) is 3. The van der Waals surface area contributed by atoms with Crippen LogP contribution in [0.3, 0.4) is 0 Å². The zero-order valence-electron chi connectivity index (χ0n) is 10.7. The Hall–Kier alpha value is -1.94. The highest BCUT2D eigenvalue weighted by molar-refractivity contribution is 5.90. The predicted molar refractivity (Wildman–Crippen MR) is 66.1 cm³/mol. The molecule has 1 unspecified atom stereocenters. The lowest BCUT2D eigenvalue weighted by atomic mass is 10.2. The van der Waals surface area contributed by atoms with Gasteiger partial charge in [0.05, 0.1) is 12.1 Å². The van der Waals surface area contributed by atoms with E-state index >= 15 is 0 Å². The molecule has 2 N–H and O–H groups in total. The van der Waals surface area contributed by atoms with Crippen molar-refractivity contribution in [1.82, 2.24) is 20.8 Å². The van der Waals surface area contributed by atoms with E-state index in [0.29, 0.717) is 18.9 Å². The Morgan fingerprint density at radius 3 is 3.21 bits per heavy atom. The largest absolute Gasteiger partial charge is 0.349 e. The molecule has 1 atom stereocenters. The highest BCUT2D eigenvalue weighted by Gasteiger charge is 2.24. The van der Waals surface area contributed by atoms with E-state index in [4.69, 9.17) is 9.78 Å². The van der Waals surface area contributed by atoms with Crippen LogP contribution in [0.5, 0.6) is 0 Å². The molecule has 0 aromatic carbocycles. The number of aromatic nitrogens is 2. The first-order chi connectivity index (χ1) is 9.31. The van der Waals surface area contributed by atoms with Crippen molar-refractivity contribution in [3.8, 4) is 6.07 Å². The van der Waals surface area contributed by atoms with E-state index in [1.165, 1.54) is 0 Å². The maximum atomic E-state index is 11.7. The molecule has 0 radical (unpaired) electrons. The minimum absolute atomic E-state index is 0.0731. The minimum Gasteiger partial charge on any atom is -0.349 e. The van der Waals surface area contributed by atoms with Gasteiger partial charge in [-0.15, -0.1) is 0 Å². The summed E-state index contributed by atoms with van der Waals surface area (Å²) in [5, 5.41) is 18.0. The molecule has 102 valence electrons. The lowest BCUT2D eigenvalue weighted by molar-refractivity contribution is 0.0939. The van der Waals surface area contributed by atoms with Crippen LogP contribution in [0.2, 0.25) is 0 Å². The molecule has 1 amide bonds. The summed E-state index contributed by atoms with van der Waals surface area (Å²) in [5.41, 5.74) is 0. The van der Waals surface area contributed by atoms with E-state index in [1.807, 2.05) is 0 Å². The Morgan fingerprint density at radius 2 is 2.47 bits per heavy atom. The predicted octanol–water partition coefficient (Wildman–Crippen LogP) is 0.918. The summed E-state index contributed by atoms with van der Waals surface area (Å²) in [6, 6.07) is 2.14. The lowest BCUT2D eigenvalue weighted by Gasteiger charge is -2.01. The first-order valence-corrected chi connectivity index (χ1v) is 6.53. The number of rotatable bonds is 6. The molecule has 2 heterocycles. The second kappa shape index (κ2) is 6.85. The van der Waals surface area contributed by atoms with Crippen LogP contribution in [-0.2, 0) is 0 Å². The zero-order valence-corrected chi connectivity index (χ0v) is 10.7. The number of nitriles is 1. The molecular formula is C12H17N5O2. The summed E-state index contributed by atoms with van der Waals surface area (Å²) in [6.45, 7) is 1.46. The average molecular weight is 263 g/mol. The van der Waals surface area contributed by atoms with Crippen molar-refractivity contribution < 1.29 is 9.32 Å². The number of carbonyl (C=O) groups is 1. The number of unbranched alkanes of at least 4 members (excludes halogenated alkanes) is 2. The van der Waals surface area contributed by atoms with Crippen molar-refractivity contribution in [2.24, 2.45) is 0 Å². The number of hydrogen-bond acceptors (Lipinski definition) is 6. The maximum Gasteiger partial charge on any atom is 0.292 e. The molecule has 7 heteroatoms. The third kappa shape index (κ3) is 3.76. The fourth-order valence-electron chi connectivity index (χ4n) is 1.97. The molecule has 1 aromatic heterocycles. The number of amides is 1. The van der Waals surface area contributed by atoms with Crippen LogP contribution in [0.15, 0.2) is 4.52 Å². The molecule has 7 nitrogen and oxygen atoms in total. The van der Waals surface area contributed by atoms with Gasteiger partial charge in [-0.05, 0) is 32.2 Å². The normalized spacial score (nSPS) is 18.2. The van der Waals surface area contributed by atoms with Gasteiger partial charge in [-0.3, -0.25) is 4.79 Å². The molecule has 1 aromatic rings. The number of nitrogens with one attached hydrogen (secondary N) is 2. The van der Waals surface area contributed by atoms with Crippen LogP contribution in [-0.4, -0.2) is 29.1 Å². The van der Waals surface area contributed by atoms with Crippen molar-refractivity contribution in [2.75, 3.05) is 13.1 Å². The number of hydrogen-bond donors (Lipinski definition) is 2. The molecule has 2 rings (SSSR count). The lowest BCUT2D eigenvalue weighted by Crippen LogP contribution is -2.25. The van der Waals surface area contributed by atoms with E-state index in [2.05, 4.69) is 26.8 Å². The summed E-state index contributed by atoms with van der Waals surface area (Å²) in [7, 11) is 0. The molecular weight excluding hydrogens is 246 g/mol. The molecule has 1 aliphatic rings. The van der Waals surface area contributed by atoms with E-state index in [-0.39, 0.29) is 17.8 Å². The van der Waals surface area contributed by atoms with Gasteiger partial charge in [0, 0.05) is 13.0 Å². The Labute approximate surface area is 111 Å². The summed E-state index contributed by atoms with van der Waals surface area (Å²) in [4.78, 5) is 15.8. The molecule has 0 aliphatic carbocycles. The smallest absolute Gasteiger partial charge is 0.292 e. The van der Waals surface area contributed by atoms with Crippen LogP contribution in [0, 0.1) is 11.3 Å². The van der Waals surface area contributed by atoms with Gasteiger partial charge in [-0.2, -0.15) is 10.2 Å². The van der Waals surface area contributed by atoms with Crippen LogP contribution in [0.1, 0.15) is 54.7 Å². The monoisotopic (exact) mass is 263 g/mol. The van der Waals surface area contributed by atoms with Gasteiger partial charge < -0.3 is 15.2 Å². The van der Waals surface area contributed by atoms with E-state index in [1.54, 1.807) is 0 Å². The average Bonchev–Trinajstić information content (AvgIpc) is 3.08. The maximum absolute atomic E-state index is 11.7. The standard InChI is InChI=1S/C12H17N5O2/c13-6-2-1-3-7-15-11(18)10-16-12(19-17-10)9-5-4-8-14-9/h9,14H,1-5,7-8H2,(H,15,18). The Balaban J connectivity index is 1.78.